The third-order valence-corrected chi connectivity index (χ3v) is 3.64. The Bertz CT molecular complexity index is 560. The minimum Gasteiger partial charge on any atom is -0.481 e. The fourth-order valence-corrected chi connectivity index (χ4v) is 2.55. The van der Waals surface area contributed by atoms with Gasteiger partial charge in [0, 0.05) is 11.6 Å². The van der Waals surface area contributed by atoms with Gasteiger partial charge in [-0.3, -0.25) is 9.59 Å². The lowest BCUT2D eigenvalue weighted by Gasteiger charge is -2.18. The van der Waals surface area contributed by atoms with E-state index in [0.717, 1.165) is 19.3 Å². The third-order valence-electron chi connectivity index (χ3n) is 3.64. The van der Waals surface area contributed by atoms with E-state index in [1.165, 1.54) is 0 Å². The number of nitrogens with two attached hydrogens (primary N) is 1. The molecule has 0 unspecified atom stereocenters. The Morgan fingerprint density at radius 2 is 2.05 bits per heavy atom. The van der Waals surface area contributed by atoms with Gasteiger partial charge in [-0.05, 0) is 37.1 Å². The summed E-state index contributed by atoms with van der Waals surface area (Å²) < 4.78 is 5.24. The van der Waals surface area contributed by atoms with Crippen LogP contribution in [0.25, 0.3) is 0 Å². The monoisotopic (exact) mass is 286 g/mol. The van der Waals surface area contributed by atoms with Gasteiger partial charge >= 0.3 is 0 Å². The molecular weight excluding hydrogens is 268 g/mol. The zero-order valence-electron chi connectivity index (χ0n) is 11.7. The Kier molecular flexibility index (Phi) is 4.83. The number of terminal acetylenes is 1. The molecule has 3 N–H and O–H groups in total. The third kappa shape index (κ3) is 3.76. The molecule has 1 fully saturated rings. The predicted molar refractivity (Wildman–Crippen MR) is 78.6 cm³/mol. The lowest BCUT2D eigenvalue weighted by atomic mass is 10.0. The smallest absolute Gasteiger partial charge is 0.251 e. The highest BCUT2D eigenvalue weighted by Gasteiger charge is 2.32. The summed E-state index contributed by atoms with van der Waals surface area (Å²) in [5, 5.41) is 2.88. The van der Waals surface area contributed by atoms with Gasteiger partial charge in [0.25, 0.3) is 5.91 Å². The number of ether oxygens (including phenoxy) is 1. The summed E-state index contributed by atoms with van der Waals surface area (Å²) in [5.41, 5.74) is 5.86. The van der Waals surface area contributed by atoms with Crippen molar-refractivity contribution in [1.82, 2.24) is 5.32 Å². The van der Waals surface area contributed by atoms with Crippen molar-refractivity contribution in [1.29, 1.82) is 0 Å². The van der Waals surface area contributed by atoms with Crippen LogP contribution in [0, 0.1) is 18.3 Å². The Hall–Kier alpha value is -2.48. The van der Waals surface area contributed by atoms with E-state index in [9.17, 15) is 9.59 Å². The molecule has 0 heterocycles. The lowest BCUT2D eigenvalue weighted by molar-refractivity contribution is -0.122. The minimum atomic E-state index is -0.351. The summed E-state index contributed by atoms with van der Waals surface area (Å²) in [5.74, 6) is 2.15. The second-order valence-electron chi connectivity index (χ2n) is 5.04. The van der Waals surface area contributed by atoms with E-state index in [1.54, 1.807) is 24.3 Å². The predicted octanol–water partition coefficient (Wildman–Crippen LogP) is 1.08. The average Bonchev–Trinajstić information content (AvgIpc) is 2.94. The molecule has 5 nitrogen and oxygen atoms in total. The molecule has 2 amide bonds. The van der Waals surface area contributed by atoms with Crippen LogP contribution in [0.4, 0.5) is 0 Å². The van der Waals surface area contributed by atoms with Crippen LogP contribution in [0.2, 0.25) is 0 Å². The van der Waals surface area contributed by atoms with Gasteiger partial charge in [0.1, 0.15) is 12.4 Å². The van der Waals surface area contributed by atoms with Crippen LogP contribution in [-0.4, -0.2) is 24.5 Å². The standard InChI is InChI=1S/C16H18N2O3/c1-2-10-21-12-8-6-11(7-9-12)16(20)18-14-5-3-4-13(14)15(17)19/h1,6-9,13-14H,3-5,10H2,(H2,17,19)(H,18,20)/t13-,14+/m1/s1. The SMILES string of the molecule is C#CCOc1ccc(C(=O)N[C@H]2CCC[C@H]2C(N)=O)cc1. The first-order valence-electron chi connectivity index (χ1n) is 6.88. The summed E-state index contributed by atoms with van der Waals surface area (Å²) in [6.45, 7) is 0.188. The van der Waals surface area contributed by atoms with Gasteiger partial charge in [0.05, 0.1) is 5.92 Å². The molecule has 2 rings (SSSR count). The Labute approximate surface area is 123 Å². The molecule has 21 heavy (non-hydrogen) atoms. The van der Waals surface area contributed by atoms with Crippen molar-refractivity contribution in [2.45, 2.75) is 25.3 Å². The van der Waals surface area contributed by atoms with Crippen molar-refractivity contribution in [3.8, 4) is 18.1 Å². The number of rotatable bonds is 5. The number of carbonyl (C=O) groups excluding carboxylic acids is 2. The summed E-state index contributed by atoms with van der Waals surface area (Å²) in [7, 11) is 0. The highest BCUT2D eigenvalue weighted by Crippen LogP contribution is 2.25. The number of amides is 2. The second kappa shape index (κ2) is 6.80. The molecule has 5 heteroatoms. The number of carbonyl (C=O) groups is 2. The second-order valence-corrected chi connectivity index (χ2v) is 5.04. The largest absolute Gasteiger partial charge is 0.481 e. The van der Waals surface area contributed by atoms with Crippen molar-refractivity contribution >= 4 is 11.8 Å². The van der Waals surface area contributed by atoms with Crippen molar-refractivity contribution in [3.05, 3.63) is 29.8 Å². The zero-order valence-corrected chi connectivity index (χ0v) is 11.7. The van der Waals surface area contributed by atoms with E-state index in [1.807, 2.05) is 0 Å². The molecule has 1 aliphatic carbocycles. The first-order valence-corrected chi connectivity index (χ1v) is 6.88. The maximum atomic E-state index is 12.2. The quantitative estimate of drug-likeness (QED) is 0.795. The maximum Gasteiger partial charge on any atom is 0.251 e. The topological polar surface area (TPSA) is 81.4 Å². The Morgan fingerprint density at radius 1 is 1.33 bits per heavy atom. The van der Waals surface area contributed by atoms with Crippen LogP contribution in [0.1, 0.15) is 29.6 Å². The first-order chi connectivity index (χ1) is 10.1. The molecule has 2 atom stereocenters. The van der Waals surface area contributed by atoms with E-state index in [2.05, 4.69) is 11.2 Å². The summed E-state index contributed by atoms with van der Waals surface area (Å²) in [6.07, 6.45) is 7.52. The highest BCUT2D eigenvalue weighted by molar-refractivity contribution is 5.95. The van der Waals surface area contributed by atoms with Gasteiger partial charge in [-0.2, -0.15) is 0 Å². The fraction of sp³-hybridized carbons (Fsp3) is 0.375. The highest BCUT2D eigenvalue weighted by atomic mass is 16.5. The maximum absolute atomic E-state index is 12.2. The molecular formula is C16H18N2O3. The molecule has 0 saturated heterocycles. The molecule has 0 aliphatic heterocycles. The van der Waals surface area contributed by atoms with Crippen LogP contribution in [0.15, 0.2) is 24.3 Å². The molecule has 1 aliphatic rings. The number of hydrogen-bond acceptors (Lipinski definition) is 3. The molecule has 1 aromatic carbocycles. The van der Waals surface area contributed by atoms with E-state index in [-0.39, 0.29) is 30.4 Å². The van der Waals surface area contributed by atoms with Crippen LogP contribution in [0.3, 0.4) is 0 Å². The normalized spacial score (nSPS) is 20.5. The Balaban J connectivity index is 1.97. The van der Waals surface area contributed by atoms with E-state index in [4.69, 9.17) is 16.9 Å². The molecule has 1 aromatic rings. The van der Waals surface area contributed by atoms with Crippen molar-refractivity contribution in [2.75, 3.05) is 6.61 Å². The lowest BCUT2D eigenvalue weighted by Crippen LogP contribution is -2.42. The molecule has 0 aromatic heterocycles. The Morgan fingerprint density at radius 3 is 2.67 bits per heavy atom. The van der Waals surface area contributed by atoms with Crippen molar-refractivity contribution < 1.29 is 14.3 Å². The van der Waals surface area contributed by atoms with Gasteiger partial charge in [0.15, 0.2) is 0 Å². The van der Waals surface area contributed by atoms with Gasteiger partial charge in [-0.1, -0.05) is 12.3 Å². The van der Waals surface area contributed by atoms with Crippen LogP contribution in [0.5, 0.6) is 5.75 Å². The van der Waals surface area contributed by atoms with Crippen LogP contribution < -0.4 is 15.8 Å². The van der Waals surface area contributed by atoms with Crippen LogP contribution in [-0.2, 0) is 4.79 Å². The first kappa shape index (κ1) is 14.9. The fourth-order valence-electron chi connectivity index (χ4n) is 2.55. The van der Waals surface area contributed by atoms with Crippen molar-refractivity contribution in [2.24, 2.45) is 11.7 Å². The van der Waals surface area contributed by atoms with Crippen molar-refractivity contribution in [3.63, 3.8) is 0 Å². The molecule has 1 saturated carbocycles. The summed E-state index contributed by atoms with van der Waals surface area (Å²) in [4.78, 5) is 23.5. The molecule has 110 valence electrons. The molecule has 0 radical (unpaired) electrons. The average molecular weight is 286 g/mol. The zero-order chi connectivity index (χ0) is 15.2. The van der Waals surface area contributed by atoms with Gasteiger partial charge < -0.3 is 15.8 Å². The number of primary amides is 1. The van der Waals surface area contributed by atoms with E-state index in [0.29, 0.717) is 11.3 Å². The number of benzene rings is 1. The van der Waals surface area contributed by atoms with Gasteiger partial charge in [0.2, 0.25) is 5.91 Å². The van der Waals surface area contributed by atoms with Crippen LogP contribution >= 0.6 is 0 Å². The van der Waals surface area contributed by atoms with Gasteiger partial charge in [-0.25, -0.2) is 0 Å². The van der Waals surface area contributed by atoms with Gasteiger partial charge in [-0.15, -0.1) is 6.42 Å². The minimum absolute atomic E-state index is 0.174. The summed E-state index contributed by atoms with van der Waals surface area (Å²) >= 11 is 0. The molecule has 0 spiro atoms. The van der Waals surface area contributed by atoms with E-state index >= 15 is 0 Å². The molecule has 0 bridgehead atoms. The number of nitrogens with one attached hydrogen (secondary N) is 1. The summed E-state index contributed by atoms with van der Waals surface area (Å²) in [6, 6.07) is 6.52. The number of hydrogen-bond donors (Lipinski definition) is 2. The van der Waals surface area contributed by atoms with E-state index < -0.39 is 0 Å².